The third-order valence-electron chi connectivity index (χ3n) is 6.51. The van der Waals surface area contributed by atoms with Gasteiger partial charge in [0.1, 0.15) is 5.75 Å². The molecule has 1 aromatic heterocycles. The molecule has 0 aliphatic heterocycles. The van der Waals surface area contributed by atoms with E-state index in [0.29, 0.717) is 38.6 Å². The van der Waals surface area contributed by atoms with Crippen LogP contribution in [0.25, 0.3) is 11.1 Å². The minimum atomic E-state index is -0.842. The quantitative estimate of drug-likeness (QED) is 0.281. The molecule has 7 nitrogen and oxygen atoms in total. The number of ether oxygens (including phenoxy) is 1. The van der Waals surface area contributed by atoms with Crippen LogP contribution in [0.4, 0.5) is 0 Å². The molecule has 0 aliphatic carbocycles. The first-order valence-electron chi connectivity index (χ1n) is 12.2. The van der Waals surface area contributed by atoms with Gasteiger partial charge < -0.3 is 15.0 Å². The maximum Gasteiger partial charge on any atom is 0.252 e. The van der Waals surface area contributed by atoms with Crippen molar-refractivity contribution in [3.63, 3.8) is 0 Å². The first kappa shape index (κ1) is 27.5. The third-order valence-corrected chi connectivity index (χ3v) is 6.75. The molecule has 4 rings (SSSR count). The van der Waals surface area contributed by atoms with Crippen LogP contribution in [0.1, 0.15) is 44.8 Å². The fraction of sp³-hybridized carbons (Fsp3) is 0.161. The second-order valence-electron chi connectivity index (χ2n) is 9.16. The van der Waals surface area contributed by atoms with Crippen molar-refractivity contribution in [2.75, 3.05) is 7.11 Å². The number of Topliss-reactive ketones (excluding diaryl/α,β-unsaturated/α-hetero) is 2. The van der Waals surface area contributed by atoms with Crippen LogP contribution in [0, 0.1) is 0 Å². The van der Waals surface area contributed by atoms with Gasteiger partial charge in [-0.05, 0) is 53.9 Å². The lowest BCUT2D eigenvalue weighted by Gasteiger charge is -2.21. The minimum Gasteiger partial charge on any atom is -0.495 e. The van der Waals surface area contributed by atoms with Crippen LogP contribution < -0.4 is 16.0 Å². The lowest BCUT2D eigenvalue weighted by Crippen LogP contribution is -2.32. The predicted molar refractivity (Wildman–Crippen MR) is 151 cm³/mol. The van der Waals surface area contributed by atoms with Gasteiger partial charge in [-0.15, -0.1) is 0 Å². The first-order valence-corrected chi connectivity index (χ1v) is 12.6. The van der Waals surface area contributed by atoms with Gasteiger partial charge in [0.05, 0.1) is 19.3 Å². The normalized spacial score (nSPS) is 11.6. The number of methoxy groups -OCH3 is 1. The molecule has 3 aromatic carbocycles. The Kier molecular flexibility index (Phi) is 8.42. The second-order valence-corrected chi connectivity index (χ2v) is 9.59. The molecule has 198 valence electrons. The van der Waals surface area contributed by atoms with Crippen molar-refractivity contribution in [3.8, 4) is 16.9 Å². The van der Waals surface area contributed by atoms with Crippen molar-refractivity contribution in [1.29, 1.82) is 0 Å². The van der Waals surface area contributed by atoms with E-state index in [2.05, 4.69) is 0 Å². The van der Waals surface area contributed by atoms with Crippen molar-refractivity contribution in [2.24, 2.45) is 5.73 Å². The molecule has 1 amide bonds. The van der Waals surface area contributed by atoms with Gasteiger partial charge in [0.15, 0.2) is 11.6 Å². The van der Waals surface area contributed by atoms with Crippen molar-refractivity contribution >= 4 is 29.1 Å². The summed E-state index contributed by atoms with van der Waals surface area (Å²) in [6.45, 7) is 1.44. The summed E-state index contributed by atoms with van der Waals surface area (Å²) in [5.41, 5.74) is 8.07. The number of hydrogen-bond donors (Lipinski definition) is 1. The second kappa shape index (κ2) is 11.9. The summed E-state index contributed by atoms with van der Waals surface area (Å²) >= 11 is 6.22. The van der Waals surface area contributed by atoms with E-state index in [4.69, 9.17) is 22.1 Å². The van der Waals surface area contributed by atoms with Crippen LogP contribution in [0.5, 0.6) is 5.75 Å². The summed E-state index contributed by atoms with van der Waals surface area (Å²) < 4.78 is 7.00. The average Bonchev–Trinajstić information content (AvgIpc) is 2.92. The zero-order valence-electron chi connectivity index (χ0n) is 21.5. The smallest absolute Gasteiger partial charge is 0.252 e. The molecule has 8 heteroatoms. The van der Waals surface area contributed by atoms with E-state index < -0.39 is 17.5 Å². The largest absolute Gasteiger partial charge is 0.495 e. The number of hydrogen-bond acceptors (Lipinski definition) is 5. The van der Waals surface area contributed by atoms with Gasteiger partial charge in [0.2, 0.25) is 5.91 Å². The Labute approximate surface area is 230 Å². The number of amides is 1. The molecular formula is C31H27ClN2O5. The number of ketones is 2. The molecule has 39 heavy (non-hydrogen) atoms. The zero-order valence-corrected chi connectivity index (χ0v) is 22.3. The molecular weight excluding hydrogens is 516 g/mol. The van der Waals surface area contributed by atoms with Gasteiger partial charge in [-0.25, -0.2) is 0 Å². The molecule has 1 atom stereocenters. The third kappa shape index (κ3) is 6.33. The number of benzene rings is 3. The highest BCUT2D eigenvalue weighted by Gasteiger charge is 2.25. The number of rotatable bonds is 10. The number of carbonyl (C=O) groups is 3. The number of nitrogens with two attached hydrogens (primary N) is 1. The topological polar surface area (TPSA) is 108 Å². The zero-order chi connectivity index (χ0) is 28.1. The van der Waals surface area contributed by atoms with Crippen molar-refractivity contribution < 1.29 is 19.1 Å². The lowest BCUT2D eigenvalue weighted by molar-refractivity contribution is -0.121. The van der Waals surface area contributed by atoms with Crippen molar-refractivity contribution in [3.05, 3.63) is 123 Å². The standard InChI is InChI=1S/C31H27ClN2O5/c1-19(35)24-13-12-23(32)16-25(24)26-17-30(37)34(18-29(26)39-2)27(14-20-6-4-3-5-7-20)28(36)15-21-8-10-22(11-9-21)31(33)38/h3-13,16-18,27H,14-15H2,1-2H3,(H2,33,38)/t27-/m0/s1. The fourth-order valence-corrected chi connectivity index (χ4v) is 4.67. The highest BCUT2D eigenvalue weighted by Crippen LogP contribution is 2.34. The Hall–Kier alpha value is -4.49. The maximum atomic E-state index is 13.7. The summed E-state index contributed by atoms with van der Waals surface area (Å²) in [6, 6.07) is 21.2. The van der Waals surface area contributed by atoms with E-state index in [1.165, 1.54) is 30.9 Å². The van der Waals surface area contributed by atoms with Gasteiger partial charge >= 0.3 is 0 Å². The molecule has 1 heterocycles. The monoisotopic (exact) mass is 542 g/mol. The van der Waals surface area contributed by atoms with Crippen LogP contribution in [-0.4, -0.2) is 29.2 Å². The first-order chi connectivity index (χ1) is 18.7. The molecule has 0 aliphatic rings. The molecule has 0 spiro atoms. The average molecular weight is 543 g/mol. The van der Waals surface area contributed by atoms with Crippen LogP contribution in [-0.2, 0) is 17.6 Å². The summed E-state index contributed by atoms with van der Waals surface area (Å²) in [5.74, 6) is -0.626. The predicted octanol–water partition coefficient (Wildman–Crippen LogP) is 5.07. The molecule has 0 radical (unpaired) electrons. The number of carbonyl (C=O) groups excluding carboxylic acids is 3. The highest BCUT2D eigenvalue weighted by atomic mass is 35.5. The summed E-state index contributed by atoms with van der Waals surface area (Å²) in [7, 11) is 1.46. The van der Waals surface area contributed by atoms with E-state index in [-0.39, 0.29) is 24.4 Å². The van der Waals surface area contributed by atoms with Gasteiger partial charge in [-0.3, -0.25) is 19.2 Å². The number of halogens is 1. The molecule has 0 bridgehead atoms. The van der Waals surface area contributed by atoms with Gasteiger partial charge in [0, 0.05) is 40.6 Å². The van der Waals surface area contributed by atoms with E-state index in [1.807, 2.05) is 30.3 Å². The van der Waals surface area contributed by atoms with Gasteiger partial charge in [-0.1, -0.05) is 54.1 Å². The molecule has 4 aromatic rings. The van der Waals surface area contributed by atoms with E-state index in [1.54, 1.807) is 42.5 Å². The lowest BCUT2D eigenvalue weighted by atomic mass is 9.95. The van der Waals surface area contributed by atoms with Crippen molar-refractivity contribution in [1.82, 2.24) is 4.57 Å². The molecule has 0 fully saturated rings. The van der Waals surface area contributed by atoms with Gasteiger partial charge in [-0.2, -0.15) is 0 Å². The Morgan fingerprint density at radius 1 is 0.923 bits per heavy atom. The molecule has 0 saturated carbocycles. The number of pyridine rings is 1. The van der Waals surface area contributed by atoms with Crippen LogP contribution in [0.3, 0.4) is 0 Å². The van der Waals surface area contributed by atoms with E-state index in [0.717, 1.165) is 5.56 Å². The fourth-order valence-electron chi connectivity index (χ4n) is 4.50. The number of aromatic nitrogens is 1. The SMILES string of the molecule is COc1cn([C@@H](Cc2ccccc2)C(=O)Cc2ccc(C(N)=O)cc2)c(=O)cc1-c1cc(Cl)ccc1C(C)=O. The van der Waals surface area contributed by atoms with E-state index >= 15 is 0 Å². The Morgan fingerprint density at radius 2 is 1.62 bits per heavy atom. The number of primary amides is 1. The van der Waals surface area contributed by atoms with E-state index in [9.17, 15) is 19.2 Å². The molecule has 0 saturated heterocycles. The molecule has 2 N–H and O–H groups in total. The van der Waals surface area contributed by atoms with Crippen LogP contribution in [0.2, 0.25) is 5.02 Å². The summed E-state index contributed by atoms with van der Waals surface area (Å²) in [5, 5.41) is 0.403. The summed E-state index contributed by atoms with van der Waals surface area (Å²) in [6.07, 6.45) is 1.82. The minimum absolute atomic E-state index is 0.0375. The van der Waals surface area contributed by atoms with Crippen molar-refractivity contribution in [2.45, 2.75) is 25.8 Å². The Morgan fingerprint density at radius 3 is 2.23 bits per heavy atom. The van der Waals surface area contributed by atoms with Crippen LogP contribution in [0.15, 0.2) is 89.9 Å². The van der Waals surface area contributed by atoms with Crippen LogP contribution >= 0.6 is 11.6 Å². The maximum absolute atomic E-state index is 13.7. The molecule has 0 unspecified atom stereocenters. The van der Waals surface area contributed by atoms with Gasteiger partial charge in [0.25, 0.3) is 5.56 Å². The highest BCUT2D eigenvalue weighted by molar-refractivity contribution is 6.31. The Bertz CT molecular complexity index is 1590. The number of nitrogens with zero attached hydrogens (tertiary/aromatic N) is 1. The Balaban J connectivity index is 1.79. The summed E-state index contributed by atoms with van der Waals surface area (Å²) in [4.78, 5) is 50.9.